The summed E-state index contributed by atoms with van der Waals surface area (Å²) in [7, 11) is 0. The summed E-state index contributed by atoms with van der Waals surface area (Å²) in [6.45, 7) is 7.47. The minimum absolute atomic E-state index is 0.274. The van der Waals surface area contributed by atoms with Gasteiger partial charge in [-0.2, -0.15) is 0 Å². The number of hydrogen-bond acceptors (Lipinski definition) is 3. The van der Waals surface area contributed by atoms with Crippen molar-refractivity contribution in [3.05, 3.63) is 24.0 Å². The topological polar surface area (TPSA) is 24.5 Å². The fourth-order valence-electron chi connectivity index (χ4n) is 2.46. The van der Waals surface area contributed by atoms with Gasteiger partial charge in [-0.25, -0.2) is 4.39 Å². The first-order valence-electron chi connectivity index (χ1n) is 7.15. The summed E-state index contributed by atoms with van der Waals surface area (Å²) < 4.78 is 19.1. The lowest BCUT2D eigenvalue weighted by Gasteiger charge is -2.26. The third kappa shape index (κ3) is 3.60. The van der Waals surface area contributed by atoms with Gasteiger partial charge in [-0.1, -0.05) is 6.92 Å². The van der Waals surface area contributed by atoms with Gasteiger partial charge >= 0.3 is 0 Å². The summed E-state index contributed by atoms with van der Waals surface area (Å²) in [5.74, 6) is 0.0656. The molecule has 1 heterocycles. The lowest BCUT2D eigenvalue weighted by molar-refractivity contribution is 0.321. The number of nitrogens with zero attached hydrogens (tertiary/aromatic N) is 1. The van der Waals surface area contributed by atoms with E-state index in [9.17, 15) is 4.39 Å². The number of anilines is 1. The molecule has 1 aliphatic rings. The quantitative estimate of drug-likeness (QED) is 0.907. The van der Waals surface area contributed by atoms with E-state index in [1.54, 1.807) is 12.1 Å². The van der Waals surface area contributed by atoms with E-state index >= 15 is 0 Å². The van der Waals surface area contributed by atoms with Gasteiger partial charge in [0.1, 0.15) is 0 Å². The van der Waals surface area contributed by atoms with E-state index < -0.39 is 0 Å². The Labute approximate surface area is 114 Å². The SMILES string of the molecule is CCOc1ccc(N2CCCNC(CC)C2)cc1F. The first kappa shape index (κ1) is 14.1. The Hall–Kier alpha value is -1.29. The van der Waals surface area contributed by atoms with Crippen LogP contribution < -0.4 is 15.0 Å². The molecule has 1 aromatic carbocycles. The van der Waals surface area contributed by atoms with Crippen LogP contribution in [0.5, 0.6) is 5.75 Å². The van der Waals surface area contributed by atoms with Crippen LogP contribution in [0.1, 0.15) is 26.7 Å². The average molecular weight is 266 g/mol. The van der Waals surface area contributed by atoms with Crippen LogP contribution in [0, 0.1) is 5.82 Å². The molecule has 0 saturated carbocycles. The monoisotopic (exact) mass is 266 g/mol. The second kappa shape index (κ2) is 6.75. The maximum Gasteiger partial charge on any atom is 0.167 e. The van der Waals surface area contributed by atoms with Gasteiger partial charge in [0.2, 0.25) is 0 Å². The summed E-state index contributed by atoms with van der Waals surface area (Å²) in [5.41, 5.74) is 0.947. The molecular weight excluding hydrogens is 243 g/mol. The van der Waals surface area contributed by atoms with Crippen LogP contribution in [0.4, 0.5) is 10.1 Å². The predicted octanol–water partition coefficient (Wildman–Crippen LogP) is 2.80. The van der Waals surface area contributed by atoms with Crippen molar-refractivity contribution in [2.45, 2.75) is 32.7 Å². The summed E-state index contributed by atoms with van der Waals surface area (Å²) >= 11 is 0. The highest BCUT2D eigenvalue weighted by Crippen LogP contribution is 2.24. The van der Waals surface area contributed by atoms with Crippen molar-refractivity contribution in [1.82, 2.24) is 5.32 Å². The minimum atomic E-state index is -0.274. The van der Waals surface area contributed by atoms with Gasteiger partial charge in [0.15, 0.2) is 11.6 Å². The largest absolute Gasteiger partial charge is 0.491 e. The molecule has 0 radical (unpaired) electrons. The molecule has 1 atom stereocenters. The van der Waals surface area contributed by atoms with Gasteiger partial charge in [-0.15, -0.1) is 0 Å². The second-order valence-corrected chi connectivity index (χ2v) is 4.91. The zero-order chi connectivity index (χ0) is 13.7. The molecule has 0 amide bonds. The van der Waals surface area contributed by atoms with Gasteiger partial charge in [-0.3, -0.25) is 0 Å². The van der Waals surface area contributed by atoms with E-state index in [1.807, 2.05) is 13.0 Å². The Morgan fingerprint density at radius 2 is 2.26 bits per heavy atom. The van der Waals surface area contributed by atoms with Crippen LogP contribution in [-0.2, 0) is 0 Å². The van der Waals surface area contributed by atoms with E-state index in [0.717, 1.165) is 38.2 Å². The fourth-order valence-corrected chi connectivity index (χ4v) is 2.46. The van der Waals surface area contributed by atoms with Crippen LogP contribution >= 0.6 is 0 Å². The Balaban J connectivity index is 2.13. The van der Waals surface area contributed by atoms with Crippen molar-refractivity contribution < 1.29 is 9.13 Å². The highest BCUT2D eigenvalue weighted by Gasteiger charge is 2.17. The molecule has 1 aromatic rings. The maximum absolute atomic E-state index is 13.9. The van der Waals surface area contributed by atoms with E-state index in [1.165, 1.54) is 0 Å². The van der Waals surface area contributed by atoms with E-state index in [-0.39, 0.29) is 5.82 Å². The third-order valence-corrected chi connectivity index (χ3v) is 3.55. The number of rotatable bonds is 4. The van der Waals surface area contributed by atoms with Crippen molar-refractivity contribution in [1.29, 1.82) is 0 Å². The Kier molecular flexibility index (Phi) is 5.02. The fraction of sp³-hybridized carbons (Fsp3) is 0.600. The number of halogens is 1. The van der Waals surface area contributed by atoms with Gasteiger partial charge in [0, 0.05) is 30.9 Å². The van der Waals surface area contributed by atoms with Crippen molar-refractivity contribution in [3.8, 4) is 5.75 Å². The van der Waals surface area contributed by atoms with E-state index in [2.05, 4.69) is 17.1 Å². The van der Waals surface area contributed by atoms with Crippen LogP contribution in [0.2, 0.25) is 0 Å². The van der Waals surface area contributed by atoms with Crippen LogP contribution in [0.3, 0.4) is 0 Å². The molecule has 0 spiro atoms. The number of hydrogen-bond donors (Lipinski definition) is 1. The molecule has 4 heteroatoms. The molecule has 106 valence electrons. The third-order valence-electron chi connectivity index (χ3n) is 3.55. The highest BCUT2D eigenvalue weighted by molar-refractivity contribution is 5.50. The molecule has 3 nitrogen and oxygen atoms in total. The van der Waals surface area contributed by atoms with Crippen molar-refractivity contribution >= 4 is 5.69 Å². The molecule has 1 saturated heterocycles. The summed E-state index contributed by atoms with van der Waals surface area (Å²) in [5, 5.41) is 3.52. The van der Waals surface area contributed by atoms with Gasteiger partial charge < -0.3 is 15.0 Å². The molecule has 19 heavy (non-hydrogen) atoms. The average Bonchev–Trinajstić information content (AvgIpc) is 2.66. The van der Waals surface area contributed by atoms with Crippen LogP contribution in [0.25, 0.3) is 0 Å². The van der Waals surface area contributed by atoms with Crippen molar-refractivity contribution in [2.24, 2.45) is 0 Å². The molecule has 2 rings (SSSR count). The van der Waals surface area contributed by atoms with Gasteiger partial charge in [0.25, 0.3) is 0 Å². The summed E-state index contributed by atoms with van der Waals surface area (Å²) in [6, 6.07) is 5.75. The standard InChI is InChI=1S/C15H23FN2O/c1-3-12-11-18(9-5-8-17-12)13-6-7-15(19-4-2)14(16)10-13/h6-7,10,12,17H,3-5,8-9,11H2,1-2H3. The maximum atomic E-state index is 13.9. The molecule has 0 aliphatic carbocycles. The Morgan fingerprint density at radius 3 is 2.95 bits per heavy atom. The molecule has 1 fully saturated rings. The first-order valence-corrected chi connectivity index (χ1v) is 7.15. The van der Waals surface area contributed by atoms with Gasteiger partial charge in [0.05, 0.1) is 6.61 Å². The van der Waals surface area contributed by atoms with Crippen LogP contribution in [0.15, 0.2) is 18.2 Å². The zero-order valence-corrected chi connectivity index (χ0v) is 11.8. The molecule has 1 aliphatic heterocycles. The lowest BCUT2D eigenvalue weighted by atomic mass is 10.2. The normalized spacial score (nSPS) is 20.2. The predicted molar refractivity (Wildman–Crippen MR) is 76.5 cm³/mol. The Bertz CT molecular complexity index is 411. The Morgan fingerprint density at radius 1 is 1.42 bits per heavy atom. The van der Waals surface area contributed by atoms with E-state index in [4.69, 9.17) is 4.74 Å². The number of ether oxygens (including phenoxy) is 1. The molecule has 1 N–H and O–H groups in total. The molecule has 0 bridgehead atoms. The minimum Gasteiger partial charge on any atom is -0.491 e. The summed E-state index contributed by atoms with van der Waals surface area (Å²) in [4.78, 5) is 2.26. The van der Waals surface area contributed by atoms with Crippen molar-refractivity contribution in [2.75, 3.05) is 31.1 Å². The van der Waals surface area contributed by atoms with Crippen molar-refractivity contribution in [3.63, 3.8) is 0 Å². The first-order chi connectivity index (χ1) is 9.24. The summed E-state index contributed by atoms with van der Waals surface area (Å²) in [6.07, 6.45) is 2.18. The number of benzene rings is 1. The van der Waals surface area contributed by atoms with E-state index in [0.29, 0.717) is 18.4 Å². The van der Waals surface area contributed by atoms with Crippen LogP contribution in [-0.4, -0.2) is 32.3 Å². The second-order valence-electron chi connectivity index (χ2n) is 4.91. The van der Waals surface area contributed by atoms with Gasteiger partial charge in [-0.05, 0) is 38.4 Å². The molecular formula is C15H23FN2O. The highest BCUT2D eigenvalue weighted by atomic mass is 19.1. The smallest absolute Gasteiger partial charge is 0.167 e. The molecule has 0 aromatic heterocycles. The lowest BCUT2D eigenvalue weighted by Crippen LogP contribution is -2.37. The zero-order valence-electron chi connectivity index (χ0n) is 11.8. The number of nitrogens with one attached hydrogen (secondary N) is 1. The molecule has 1 unspecified atom stereocenters.